The molecule has 1 aromatic heterocycles. The molecule has 0 aromatic carbocycles. The molecule has 0 saturated carbocycles. The maximum Gasteiger partial charge on any atom is 0.250 e. The predicted octanol–water partition coefficient (Wildman–Crippen LogP) is 3.45. The monoisotopic (exact) mass is 288 g/mol. The van der Waals surface area contributed by atoms with Gasteiger partial charge in [0.05, 0.1) is 6.54 Å². The van der Waals surface area contributed by atoms with Crippen LogP contribution >= 0.6 is 11.3 Å². The van der Waals surface area contributed by atoms with Crippen molar-refractivity contribution >= 4 is 17.0 Å². The second-order valence-electron chi connectivity index (χ2n) is 5.62. The summed E-state index contributed by atoms with van der Waals surface area (Å²) in [4.78, 5) is 2.33. The van der Waals surface area contributed by atoms with E-state index in [2.05, 4.69) is 40.9 Å². The normalized spacial score (nSPS) is 24.4. The zero-order chi connectivity index (χ0) is 13.8. The van der Waals surface area contributed by atoms with E-state index in [1.54, 1.807) is 11.3 Å². The van der Waals surface area contributed by atoms with Crippen molar-refractivity contribution in [2.24, 2.45) is 11.8 Å². The summed E-state index contributed by atoms with van der Waals surface area (Å²) in [7, 11) is 0. The average Bonchev–Trinajstić information content (AvgIpc) is 2.89. The lowest BCUT2D eigenvalue weighted by atomic mass is 9.85. The van der Waals surface area contributed by atoms with Crippen molar-refractivity contribution in [3.05, 3.63) is 16.8 Å². The Hall–Kier alpha value is -0.680. The first-order valence-corrected chi connectivity index (χ1v) is 7.79. The number of alkyl halides is 2. The third kappa shape index (κ3) is 4.14. The highest BCUT2D eigenvalue weighted by molar-refractivity contribution is 7.08. The van der Waals surface area contributed by atoms with E-state index in [0.29, 0.717) is 11.8 Å². The molecule has 2 atom stereocenters. The Labute approximate surface area is 117 Å². The number of nitrogens with zero attached hydrogens (tertiary/aromatic N) is 1. The predicted molar refractivity (Wildman–Crippen MR) is 77.3 cm³/mol. The van der Waals surface area contributed by atoms with Crippen molar-refractivity contribution < 1.29 is 8.78 Å². The standard InChI is InChI=1S/C14H22F2N2S/c1-10(2)11-5-12(17-6-14(15)16)8-18(7-11)13-3-4-19-9-13/h3-4,9-12,14,17H,5-8H2,1-2H3. The van der Waals surface area contributed by atoms with Crippen LogP contribution in [0.5, 0.6) is 0 Å². The van der Waals surface area contributed by atoms with Crippen molar-refractivity contribution in [2.45, 2.75) is 32.7 Å². The van der Waals surface area contributed by atoms with Crippen molar-refractivity contribution in [2.75, 3.05) is 24.5 Å². The van der Waals surface area contributed by atoms with Gasteiger partial charge in [0.2, 0.25) is 0 Å². The maximum atomic E-state index is 12.3. The van der Waals surface area contributed by atoms with Crippen LogP contribution < -0.4 is 10.2 Å². The summed E-state index contributed by atoms with van der Waals surface area (Å²) in [5.41, 5.74) is 1.22. The Morgan fingerprint density at radius 1 is 1.42 bits per heavy atom. The van der Waals surface area contributed by atoms with Crippen LogP contribution in [0.1, 0.15) is 20.3 Å². The number of anilines is 1. The molecule has 1 N–H and O–H groups in total. The van der Waals surface area contributed by atoms with Crippen LogP contribution in [-0.2, 0) is 0 Å². The Morgan fingerprint density at radius 3 is 2.79 bits per heavy atom. The summed E-state index contributed by atoms with van der Waals surface area (Å²) in [5, 5.41) is 7.21. The lowest BCUT2D eigenvalue weighted by Crippen LogP contribution is -2.51. The summed E-state index contributed by atoms with van der Waals surface area (Å²) < 4.78 is 24.7. The molecule has 0 radical (unpaired) electrons. The third-order valence-corrected chi connectivity index (χ3v) is 4.53. The Balaban J connectivity index is 2.00. The number of hydrogen-bond donors (Lipinski definition) is 1. The van der Waals surface area contributed by atoms with Crippen LogP contribution in [0, 0.1) is 11.8 Å². The number of rotatable bonds is 5. The molecule has 2 nitrogen and oxygen atoms in total. The van der Waals surface area contributed by atoms with Crippen molar-refractivity contribution in [3.8, 4) is 0 Å². The van der Waals surface area contributed by atoms with E-state index in [9.17, 15) is 8.78 Å². The topological polar surface area (TPSA) is 15.3 Å². The van der Waals surface area contributed by atoms with Crippen LogP contribution in [0.25, 0.3) is 0 Å². The van der Waals surface area contributed by atoms with Gasteiger partial charge in [-0.2, -0.15) is 11.3 Å². The van der Waals surface area contributed by atoms with Gasteiger partial charge in [-0.3, -0.25) is 0 Å². The van der Waals surface area contributed by atoms with Gasteiger partial charge >= 0.3 is 0 Å². The van der Waals surface area contributed by atoms with E-state index < -0.39 is 6.43 Å². The van der Waals surface area contributed by atoms with E-state index in [0.717, 1.165) is 19.5 Å². The van der Waals surface area contributed by atoms with Crippen molar-refractivity contribution in [1.29, 1.82) is 0 Å². The molecule has 0 aliphatic carbocycles. The summed E-state index contributed by atoms with van der Waals surface area (Å²) >= 11 is 1.68. The fourth-order valence-corrected chi connectivity index (χ4v) is 3.34. The minimum atomic E-state index is -2.27. The minimum absolute atomic E-state index is 0.162. The molecular weight excluding hydrogens is 266 g/mol. The molecule has 1 aromatic rings. The average molecular weight is 288 g/mol. The van der Waals surface area contributed by atoms with Crippen molar-refractivity contribution in [1.82, 2.24) is 5.32 Å². The summed E-state index contributed by atoms with van der Waals surface area (Å²) in [6, 6.07) is 2.27. The van der Waals surface area contributed by atoms with E-state index in [-0.39, 0.29) is 12.6 Å². The smallest absolute Gasteiger partial charge is 0.250 e. The molecular formula is C14H22F2N2S. The Kier molecular flexibility index (Phi) is 5.16. The van der Waals surface area contributed by atoms with Gasteiger partial charge in [-0.05, 0) is 29.7 Å². The highest BCUT2D eigenvalue weighted by Crippen LogP contribution is 2.29. The highest BCUT2D eigenvalue weighted by atomic mass is 32.1. The zero-order valence-corrected chi connectivity index (χ0v) is 12.3. The fourth-order valence-electron chi connectivity index (χ4n) is 2.67. The van der Waals surface area contributed by atoms with Gasteiger partial charge in [0.15, 0.2) is 0 Å². The summed E-state index contributed by atoms with van der Waals surface area (Å²) in [5.74, 6) is 1.14. The molecule has 19 heavy (non-hydrogen) atoms. The van der Waals surface area contributed by atoms with Gasteiger partial charge < -0.3 is 10.2 Å². The number of piperidine rings is 1. The first kappa shape index (κ1) is 14.7. The van der Waals surface area contributed by atoms with E-state index in [1.165, 1.54) is 5.69 Å². The van der Waals surface area contributed by atoms with E-state index in [1.807, 2.05) is 0 Å². The maximum absolute atomic E-state index is 12.3. The number of hydrogen-bond acceptors (Lipinski definition) is 3. The number of thiophene rings is 1. The molecule has 0 bridgehead atoms. The minimum Gasteiger partial charge on any atom is -0.369 e. The SMILES string of the molecule is CC(C)C1CC(NCC(F)F)CN(c2ccsc2)C1. The van der Waals surface area contributed by atoms with Crippen LogP contribution in [0.4, 0.5) is 14.5 Å². The lowest BCUT2D eigenvalue weighted by Gasteiger charge is -2.40. The highest BCUT2D eigenvalue weighted by Gasteiger charge is 2.29. The first-order chi connectivity index (χ1) is 9.06. The largest absolute Gasteiger partial charge is 0.369 e. The van der Waals surface area contributed by atoms with Gasteiger partial charge in [0, 0.05) is 30.2 Å². The van der Waals surface area contributed by atoms with Crippen LogP contribution in [0.2, 0.25) is 0 Å². The molecule has 2 rings (SSSR count). The molecule has 0 spiro atoms. The quantitative estimate of drug-likeness (QED) is 0.892. The van der Waals surface area contributed by atoms with Crippen molar-refractivity contribution in [3.63, 3.8) is 0 Å². The zero-order valence-electron chi connectivity index (χ0n) is 11.5. The third-order valence-electron chi connectivity index (χ3n) is 3.86. The molecule has 2 unspecified atom stereocenters. The molecule has 2 heterocycles. The van der Waals surface area contributed by atoms with Crippen LogP contribution in [0.15, 0.2) is 16.8 Å². The first-order valence-electron chi connectivity index (χ1n) is 6.85. The Bertz CT molecular complexity index is 368. The van der Waals surface area contributed by atoms with Gasteiger partial charge in [-0.25, -0.2) is 8.78 Å². The molecule has 1 aliphatic rings. The van der Waals surface area contributed by atoms with Gasteiger partial charge in [0.1, 0.15) is 0 Å². The summed E-state index contributed by atoms with van der Waals surface area (Å²) in [6.07, 6.45) is -1.28. The van der Waals surface area contributed by atoms with Crippen LogP contribution in [-0.4, -0.2) is 32.1 Å². The molecule has 0 amide bonds. The fraction of sp³-hybridized carbons (Fsp3) is 0.714. The molecule has 108 valence electrons. The second kappa shape index (κ2) is 6.66. The molecule has 1 aliphatic heterocycles. The van der Waals surface area contributed by atoms with E-state index in [4.69, 9.17) is 0 Å². The molecule has 5 heteroatoms. The lowest BCUT2D eigenvalue weighted by molar-refractivity contribution is 0.136. The van der Waals surface area contributed by atoms with Gasteiger partial charge in [-0.1, -0.05) is 13.8 Å². The number of halogens is 2. The van der Waals surface area contributed by atoms with Gasteiger partial charge in [0.25, 0.3) is 6.43 Å². The molecule has 1 fully saturated rings. The Morgan fingerprint density at radius 2 is 2.21 bits per heavy atom. The number of nitrogens with one attached hydrogen (secondary N) is 1. The van der Waals surface area contributed by atoms with Crippen LogP contribution in [0.3, 0.4) is 0 Å². The summed E-state index contributed by atoms with van der Waals surface area (Å²) in [6.45, 7) is 6.08. The van der Waals surface area contributed by atoms with E-state index >= 15 is 0 Å². The second-order valence-corrected chi connectivity index (χ2v) is 6.40. The molecule has 1 saturated heterocycles. The van der Waals surface area contributed by atoms with Gasteiger partial charge in [-0.15, -0.1) is 0 Å².